The van der Waals surface area contributed by atoms with Crippen molar-refractivity contribution in [1.29, 1.82) is 0 Å². The molecule has 0 aliphatic rings. The van der Waals surface area contributed by atoms with E-state index in [-0.39, 0.29) is 35.2 Å². The molecule has 0 amide bonds. The molecule has 0 fully saturated rings. The molecule has 0 saturated heterocycles. The highest BCUT2D eigenvalue weighted by atomic mass is 32.2. The average Bonchev–Trinajstić information content (AvgIpc) is 2.43. The zero-order valence-corrected chi connectivity index (χ0v) is 12.9. The van der Waals surface area contributed by atoms with Crippen LogP contribution in [0.3, 0.4) is 0 Å². The van der Waals surface area contributed by atoms with Gasteiger partial charge in [-0.15, -0.1) is 0 Å². The second-order valence-corrected chi connectivity index (χ2v) is 6.53. The van der Waals surface area contributed by atoms with E-state index in [9.17, 15) is 18.5 Å². The second kappa shape index (κ2) is 7.48. The SMILES string of the molecule is CC[C@H](CCO)CNS(=O)(=O)c1cccc([N+](=O)[O-])c1C. The predicted octanol–water partition coefficient (Wildman–Crippen LogP) is 1.59. The van der Waals surface area contributed by atoms with Gasteiger partial charge in [0.05, 0.1) is 9.82 Å². The molecule has 0 saturated carbocycles. The molecule has 1 atom stereocenters. The second-order valence-electron chi connectivity index (χ2n) is 4.80. The molecule has 0 aliphatic heterocycles. The molecule has 0 aliphatic carbocycles. The number of hydrogen-bond donors (Lipinski definition) is 2. The normalized spacial score (nSPS) is 13.1. The number of aliphatic hydroxyl groups is 1. The van der Waals surface area contributed by atoms with Gasteiger partial charge in [0, 0.05) is 24.8 Å². The van der Waals surface area contributed by atoms with Crippen molar-refractivity contribution >= 4 is 15.7 Å². The largest absolute Gasteiger partial charge is 0.396 e. The van der Waals surface area contributed by atoms with Gasteiger partial charge in [0.25, 0.3) is 5.69 Å². The molecule has 0 heterocycles. The molecular formula is C13H20N2O5S. The van der Waals surface area contributed by atoms with E-state index in [0.29, 0.717) is 6.42 Å². The minimum absolute atomic E-state index is 0.00390. The van der Waals surface area contributed by atoms with E-state index in [1.807, 2.05) is 6.92 Å². The maximum Gasteiger partial charge on any atom is 0.273 e. The third kappa shape index (κ3) is 4.48. The van der Waals surface area contributed by atoms with E-state index < -0.39 is 14.9 Å². The van der Waals surface area contributed by atoms with Gasteiger partial charge in [-0.05, 0) is 25.3 Å². The number of nitrogens with one attached hydrogen (secondary N) is 1. The average molecular weight is 316 g/mol. The summed E-state index contributed by atoms with van der Waals surface area (Å²) < 4.78 is 27.0. The summed E-state index contributed by atoms with van der Waals surface area (Å²) in [6.07, 6.45) is 1.24. The van der Waals surface area contributed by atoms with Gasteiger partial charge in [0.1, 0.15) is 0 Å². The highest BCUT2D eigenvalue weighted by Gasteiger charge is 2.23. The Kier molecular flexibility index (Phi) is 6.25. The molecule has 1 aromatic carbocycles. The first kappa shape index (κ1) is 17.5. The summed E-state index contributed by atoms with van der Waals surface area (Å²) in [5.74, 6) is 0.0313. The van der Waals surface area contributed by atoms with E-state index in [1.165, 1.54) is 25.1 Å². The molecule has 0 radical (unpaired) electrons. The van der Waals surface area contributed by atoms with Crippen molar-refractivity contribution in [3.8, 4) is 0 Å². The zero-order chi connectivity index (χ0) is 16.0. The number of aliphatic hydroxyl groups excluding tert-OH is 1. The Balaban J connectivity index is 2.98. The minimum Gasteiger partial charge on any atom is -0.396 e. The molecule has 1 aromatic rings. The number of nitro benzene ring substituents is 1. The molecule has 118 valence electrons. The van der Waals surface area contributed by atoms with E-state index in [4.69, 9.17) is 5.11 Å². The Labute approximate surface area is 124 Å². The highest BCUT2D eigenvalue weighted by Crippen LogP contribution is 2.24. The van der Waals surface area contributed by atoms with Crippen molar-refractivity contribution in [3.05, 3.63) is 33.9 Å². The standard InChI is InChI=1S/C13H20N2O5S/c1-3-11(7-8-16)9-14-21(19,20)13-6-4-5-12(10(13)2)15(17)18/h4-6,11,14,16H,3,7-9H2,1-2H3/t11-/m1/s1. The molecular weight excluding hydrogens is 296 g/mol. The Hall–Kier alpha value is -1.51. The lowest BCUT2D eigenvalue weighted by Crippen LogP contribution is -2.30. The number of nitrogens with zero attached hydrogens (tertiary/aromatic N) is 1. The highest BCUT2D eigenvalue weighted by molar-refractivity contribution is 7.89. The number of benzene rings is 1. The summed E-state index contributed by atoms with van der Waals surface area (Å²) in [6, 6.07) is 3.97. The quantitative estimate of drug-likeness (QED) is 0.559. The van der Waals surface area contributed by atoms with Gasteiger partial charge in [-0.2, -0.15) is 0 Å². The van der Waals surface area contributed by atoms with Crippen LogP contribution in [0.1, 0.15) is 25.3 Å². The summed E-state index contributed by atoms with van der Waals surface area (Å²) in [6.45, 7) is 3.52. The first-order chi connectivity index (χ1) is 9.83. The lowest BCUT2D eigenvalue weighted by molar-refractivity contribution is -0.385. The fraction of sp³-hybridized carbons (Fsp3) is 0.538. The van der Waals surface area contributed by atoms with Crippen LogP contribution in [0.25, 0.3) is 0 Å². The zero-order valence-electron chi connectivity index (χ0n) is 12.1. The number of nitro groups is 1. The molecule has 7 nitrogen and oxygen atoms in total. The molecule has 0 spiro atoms. The topological polar surface area (TPSA) is 110 Å². The predicted molar refractivity (Wildman–Crippen MR) is 78.5 cm³/mol. The molecule has 2 N–H and O–H groups in total. The van der Waals surface area contributed by atoms with Crippen LogP contribution >= 0.6 is 0 Å². The van der Waals surface area contributed by atoms with Crippen molar-refractivity contribution in [2.45, 2.75) is 31.6 Å². The molecule has 0 unspecified atom stereocenters. The summed E-state index contributed by atoms with van der Waals surface area (Å²) in [4.78, 5) is 10.2. The molecule has 0 aromatic heterocycles. The fourth-order valence-electron chi connectivity index (χ4n) is 2.03. The first-order valence-electron chi connectivity index (χ1n) is 6.68. The van der Waals surface area contributed by atoms with Crippen LogP contribution in [0.5, 0.6) is 0 Å². The smallest absolute Gasteiger partial charge is 0.273 e. The van der Waals surface area contributed by atoms with Crippen LogP contribution in [-0.2, 0) is 10.0 Å². The Morgan fingerprint density at radius 3 is 2.62 bits per heavy atom. The molecule has 8 heteroatoms. The van der Waals surface area contributed by atoms with Crippen molar-refractivity contribution in [3.63, 3.8) is 0 Å². The number of rotatable bonds is 8. The Morgan fingerprint density at radius 2 is 2.10 bits per heavy atom. The fourth-order valence-corrected chi connectivity index (χ4v) is 3.41. The maximum absolute atomic E-state index is 12.3. The monoisotopic (exact) mass is 316 g/mol. The van der Waals surface area contributed by atoms with E-state index >= 15 is 0 Å². The minimum atomic E-state index is -3.81. The first-order valence-corrected chi connectivity index (χ1v) is 8.16. The van der Waals surface area contributed by atoms with Gasteiger partial charge >= 0.3 is 0 Å². The van der Waals surface area contributed by atoms with Crippen LogP contribution in [0, 0.1) is 23.0 Å². The third-order valence-electron chi connectivity index (χ3n) is 3.42. The van der Waals surface area contributed by atoms with Gasteiger partial charge < -0.3 is 5.11 Å². The lowest BCUT2D eigenvalue weighted by atomic mass is 10.0. The lowest BCUT2D eigenvalue weighted by Gasteiger charge is -2.15. The van der Waals surface area contributed by atoms with Crippen molar-refractivity contribution in [2.75, 3.05) is 13.2 Å². The van der Waals surface area contributed by atoms with Gasteiger partial charge in [0.15, 0.2) is 0 Å². The van der Waals surface area contributed by atoms with E-state index in [0.717, 1.165) is 6.42 Å². The maximum atomic E-state index is 12.3. The molecule has 1 rings (SSSR count). The summed E-state index contributed by atoms with van der Waals surface area (Å²) in [5.41, 5.74) is -0.106. The Morgan fingerprint density at radius 1 is 1.43 bits per heavy atom. The van der Waals surface area contributed by atoms with Gasteiger partial charge in [-0.25, -0.2) is 13.1 Å². The van der Waals surface area contributed by atoms with Crippen LogP contribution in [-0.4, -0.2) is 31.6 Å². The van der Waals surface area contributed by atoms with Gasteiger partial charge in [-0.3, -0.25) is 10.1 Å². The summed E-state index contributed by atoms with van der Waals surface area (Å²) in [5, 5.41) is 19.8. The van der Waals surface area contributed by atoms with Crippen molar-refractivity contribution in [2.24, 2.45) is 5.92 Å². The Bertz CT molecular complexity index is 601. The van der Waals surface area contributed by atoms with Gasteiger partial charge in [-0.1, -0.05) is 19.4 Å². The van der Waals surface area contributed by atoms with E-state index in [2.05, 4.69) is 4.72 Å². The van der Waals surface area contributed by atoms with Crippen LogP contribution in [0.2, 0.25) is 0 Å². The number of sulfonamides is 1. The molecule has 0 bridgehead atoms. The van der Waals surface area contributed by atoms with Crippen LogP contribution in [0.4, 0.5) is 5.69 Å². The van der Waals surface area contributed by atoms with E-state index in [1.54, 1.807) is 0 Å². The van der Waals surface area contributed by atoms with Crippen LogP contribution < -0.4 is 4.72 Å². The van der Waals surface area contributed by atoms with Gasteiger partial charge in [0.2, 0.25) is 10.0 Å². The number of hydrogen-bond acceptors (Lipinski definition) is 5. The molecule has 21 heavy (non-hydrogen) atoms. The van der Waals surface area contributed by atoms with Crippen molar-refractivity contribution < 1.29 is 18.4 Å². The van der Waals surface area contributed by atoms with Crippen molar-refractivity contribution in [1.82, 2.24) is 4.72 Å². The summed E-state index contributed by atoms with van der Waals surface area (Å²) in [7, 11) is -3.81. The van der Waals surface area contributed by atoms with Crippen LogP contribution in [0.15, 0.2) is 23.1 Å². The summed E-state index contributed by atoms with van der Waals surface area (Å²) >= 11 is 0. The third-order valence-corrected chi connectivity index (χ3v) is 4.99.